The molecule has 1 rings (SSSR count). The molecule has 2 atom stereocenters. The van der Waals surface area contributed by atoms with Crippen LogP contribution in [0.3, 0.4) is 0 Å². The highest BCUT2D eigenvalue weighted by Gasteiger charge is 2.25. The highest BCUT2D eigenvalue weighted by molar-refractivity contribution is 4.72. The first-order chi connectivity index (χ1) is 4.38. The van der Waals surface area contributed by atoms with E-state index in [1.165, 1.54) is 0 Å². The molecule has 0 saturated carbocycles. The van der Waals surface area contributed by atoms with Crippen LogP contribution in [0.15, 0.2) is 0 Å². The van der Waals surface area contributed by atoms with Gasteiger partial charge in [0.2, 0.25) is 0 Å². The number of hydrogen-bond acceptors (Lipinski definition) is 2. The molecular formula is C7H14O2. The van der Waals surface area contributed by atoms with E-state index < -0.39 is 0 Å². The summed E-state index contributed by atoms with van der Waals surface area (Å²) in [4.78, 5) is 0. The summed E-state index contributed by atoms with van der Waals surface area (Å²) in [5, 5.41) is 8.79. The van der Waals surface area contributed by atoms with Crippen molar-refractivity contribution in [3.8, 4) is 0 Å². The minimum atomic E-state index is 0.290. The quantitative estimate of drug-likeness (QED) is 0.594. The molecule has 0 aromatic rings. The van der Waals surface area contributed by atoms with Gasteiger partial charge in [-0.25, -0.2) is 0 Å². The third kappa shape index (κ3) is 1.43. The second-order valence-corrected chi connectivity index (χ2v) is 2.65. The fourth-order valence-corrected chi connectivity index (χ4v) is 1.30. The zero-order valence-corrected chi connectivity index (χ0v) is 5.84. The molecule has 9 heavy (non-hydrogen) atoms. The van der Waals surface area contributed by atoms with E-state index in [0.29, 0.717) is 18.4 Å². The van der Waals surface area contributed by atoms with Crippen LogP contribution in [0.25, 0.3) is 0 Å². The maximum absolute atomic E-state index is 8.79. The summed E-state index contributed by atoms with van der Waals surface area (Å²) in [7, 11) is 0. The van der Waals surface area contributed by atoms with Gasteiger partial charge < -0.3 is 9.84 Å². The first-order valence-corrected chi connectivity index (χ1v) is 3.57. The van der Waals surface area contributed by atoms with Gasteiger partial charge >= 0.3 is 0 Å². The smallest absolute Gasteiger partial charge is 0.0519 e. The number of rotatable bonds is 2. The minimum Gasteiger partial charge on any atom is -0.396 e. The average Bonchev–Trinajstić information content (AvgIpc) is 2.33. The summed E-state index contributed by atoms with van der Waals surface area (Å²) >= 11 is 0. The zero-order valence-electron chi connectivity index (χ0n) is 5.84. The fourth-order valence-electron chi connectivity index (χ4n) is 1.30. The minimum absolute atomic E-state index is 0.290. The summed E-state index contributed by atoms with van der Waals surface area (Å²) in [6.07, 6.45) is 1.13. The Kier molecular flexibility index (Phi) is 2.49. The predicted molar refractivity (Wildman–Crippen MR) is 35.2 cm³/mol. The molecule has 2 heteroatoms. The molecule has 0 amide bonds. The van der Waals surface area contributed by atoms with E-state index in [2.05, 4.69) is 6.92 Å². The molecule has 0 aromatic carbocycles. The second-order valence-electron chi connectivity index (χ2n) is 2.65. The molecule has 1 aliphatic heterocycles. The lowest BCUT2D eigenvalue weighted by molar-refractivity contribution is 0.160. The summed E-state index contributed by atoms with van der Waals surface area (Å²) in [6.45, 7) is 4.04. The lowest BCUT2D eigenvalue weighted by atomic mass is 9.95. The molecule has 0 aliphatic carbocycles. The molecule has 1 saturated heterocycles. The molecule has 1 aliphatic rings. The van der Waals surface area contributed by atoms with Gasteiger partial charge in [-0.2, -0.15) is 0 Å². The van der Waals surface area contributed by atoms with Gasteiger partial charge in [0, 0.05) is 19.1 Å². The molecule has 2 nitrogen and oxygen atoms in total. The monoisotopic (exact) mass is 130 g/mol. The van der Waals surface area contributed by atoms with Crippen molar-refractivity contribution in [3.63, 3.8) is 0 Å². The Bertz CT molecular complexity index is 73.0. The van der Waals surface area contributed by atoms with Gasteiger partial charge in [0.25, 0.3) is 0 Å². The van der Waals surface area contributed by atoms with Gasteiger partial charge in [-0.05, 0) is 5.92 Å². The van der Waals surface area contributed by atoms with Gasteiger partial charge in [-0.1, -0.05) is 13.3 Å². The molecule has 1 fully saturated rings. The molecule has 0 spiro atoms. The van der Waals surface area contributed by atoms with Crippen molar-refractivity contribution in [2.45, 2.75) is 13.3 Å². The van der Waals surface area contributed by atoms with Crippen LogP contribution in [-0.4, -0.2) is 24.9 Å². The third-order valence-electron chi connectivity index (χ3n) is 2.09. The van der Waals surface area contributed by atoms with Gasteiger partial charge in [-0.15, -0.1) is 0 Å². The van der Waals surface area contributed by atoms with Crippen LogP contribution in [0.5, 0.6) is 0 Å². The number of aliphatic hydroxyl groups excluding tert-OH is 1. The van der Waals surface area contributed by atoms with Crippen molar-refractivity contribution >= 4 is 0 Å². The summed E-state index contributed by atoms with van der Waals surface area (Å²) < 4.78 is 5.19. The number of ether oxygens (including phenoxy) is 1. The first-order valence-electron chi connectivity index (χ1n) is 3.57. The van der Waals surface area contributed by atoms with Crippen molar-refractivity contribution in [2.24, 2.45) is 11.8 Å². The molecular weight excluding hydrogens is 116 g/mol. The van der Waals surface area contributed by atoms with Crippen molar-refractivity contribution in [1.29, 1.82) is 0 Å². The molecule has 0 radical (unpaired) electrons. The third-order valence-corrected chi connectivity index (χ3v) is 2.09. The van der Waals surface area contributed by atoms with Crippen molar-refractivity contribution in [1.82, 2.24) is 0 Å². The van der Waals surface area contributed by atoms with Crippen LogP contribution in [-0.2, 0) is 4.74 Å². The van der Waals surface area contributed by atoms with Crippen LogP contribution in [0, 0.1) is 11.8 Å². The van der Waals surface area contributed by atoms with E-state index in [-0.39, 0.29) is 0 Å². The van der Waals surface area contributed by atoms with Crippen molar-refractivity contribution in [2.75, 3.05) is 19.8 Å². The molecule has 1 N–H and O–H groups in total. The number of aliphatic hydroxyl groups is 1. The van der Waals surface area contributed by atoms with E-state index in [0.717, 1.165) is 19.6 Å². The van der Waals surface area contributed by atoms with Crippen LogP contribution in [0.4, 0.5) is 0 Å². The van der Waals surface area contributed by atoms with E-state index in [1.807, 2.05) is 0 Å². The summed E-state index contributed by atoms with van der Waals surface area (Å²) in [5.74, 6) is 1.02. The summed E-state index contributed by atoms with van der Waals surface area (Å²) in [5.41, 5.74) is 0. The SMILES string of the molecule is CC[C@@H]1COC[C@H]1CO. The van der Waals surface area contributed by atoms with E-state index >= 15 is 0 Å². The molecule has 54 valence electrons. The van der Waals surface area contributed by atoms with Crippen molar-refractivity contribution < 1.29 is 9.84 Å². The highest BCUT2D eigenvalue weighted by Crippen LogP contribution is 2.22. The normalized spacial score (nSPS) is 35.3. The van der Waals surface area contributed by atoms with Gasteiger partial charge in [0.05, 0.1) is 6.61 Å². The Labute approximate surface area is 55.8 Å². The van der Waals surface area contributed by atoms with Gasteiger partial charge in [0.15, 0.2) is 0 Å². The predicted octanol–water partition coefficient (Wildman–Crippen LogP) is 0.651. The molecule has 1 heterocycles. The largest absolute Gasteiger partial charge is 0.396 e. The lowest BCUT2D eigenvalue weighted by Crippen LogP contribution is -2.14. The van der Waals surface area contributed by atoms with Crippen LogP contribution < -0.4 is 0 Å². The molecule has 0 unspecified atom stereocenters. The standard InChI is InChI=1S/C7H14O2/c1-2-6-4-9-5-7(6)3-8/h6-8H,2-5H2,1H3/t6-,7-/m1/s1. The Hall–Kier alpha value is -0.0800. The van der Waals surface area contributed by atoms with Crippen LogP contribution in [0.1, 0.15) is 13.3 Å². The Morgan fingerprint density at radius 3 is 2.56 bits per heavy atom. The van der Waals surface area contributed by atoms with E-state index in [4.69, 9.17) is 9.84 Å². The number of hydrogen-bond donors (Lipinski definition) is 1. The Morgan fingerprint density at radius 2 is 2.11 bits per heavy atom. The van der Waals surface area contributed by atoms with Crippen LogP contribution in [0.2, 0.25) is 0 Å². The molecule has 0 bridgehead atoms. The fraction of sp³-hybridized carbons (Fsp3) is 1.00. The van der Waals surface area contributed by atoms with Crippen molar-refractivity contribution in [3.05, 3.63) is 0 Å². The van der Waals surface area contributed by atoms with E-state index in [1.54, 1.807) is 0 Å². The average molecular weight is 130 g/mol. The van der Waals surface area contributed by atoms with Crippen LogP contribution >= 0.6 is 0 Å². The Morgan fingerprint density at radius 1 is 1.44 bits per heavy atom. The maximum Gasteiger partial charge on any atom is 0.0519 e. The summed E-state index contributed by atoms with van der Waals surface area (Å²) in [6, 6.07) is 0. The topological polar surface area (TPSA) is 29.5 Å². The van der Waals surface area contributed by atoms with Gasteiger partial charge in [0.1, 0.15) is 0 Å². The first kappa shape index (κ1) is 7.03. The highest BCUT2D eigenvalue weighted by atomic mass is 16.5. The van der Waals surface area contributed by atoms with Gasteiger partial charge in [-0.3, -0.25) is 0 Å². The van der Waals surface area contributed by atoms with E-state index in [9.17, 15) is 0 Å². The Balaban J connectivity index is 2.32. The second kappa shape index (κ2) is 3.18. The maximum atomic E-state index is 8.79. The zero-order chi connectivity index (χ0) is 6.69. The molecule has 0 aromatic heterocycles. The lowest BCUT2D eigenvalue weighted by Gasteiger charge is -2.10.